The Balaban J connectivity index is 1.83. The standard InChI is InChI=1S/C23H34N2O5/c1-6-29-23(28)18-9-11-25(12-10-18)21(26)14-24(5)22(27)15-30-20-13-17(4)7-8-19(20)16(2)3/h7-8,13,16,18H,6,9-12,14-15H2,1-5H3. The lowest BCUT2D eigenvalue weighted by atomic mass is 9.97. The molecule has 7 nitrogen and oxygen atoms in total. The molecule has 0 saturated carbocycles. The van der Waals surface area contributed by atoms with Crippen molar-refractivity contribution in [1.82, 2.24) is 9.80 Å². The minimum absolute atomic E-state index is 0.00286. The van der Waals surface area contributed by atoms with Crippen LogP contribution in [-0.4, -0.2) is 67.5 Å². The van der Waals surface area contributed by atoms with E-state index < -0.39 is 0 Å². The van der Waals surface area contributed by atoms with E-state index in [1.54, 1.807) is 18.9 Å². The maximum Gasteiger partial charge on any atom is 0.309 e. The van der Waals surface area contributed by atoms with Crippen LogP contribution in [0.1, 0.15) is 50.7 Å². The molecule has 2 rings (SSSR count). The van der Waals surface area contributed by atoms with Crippen LogP contribution < -0.4 is 4.74 Å². The normalized spacial score (nSPS) is 14.5. The lowest BCUT2D eigenvalue weighted by Gasteiger charge is -2.32. The molecule has 2 amide bonds. The third-order valence-electron chi connectivity index (χ3n) is 5.41. The Kier molecular flexibility index (Phi) is 8.69. The number of aryl methyl sites for hydroxylation is 1. The topological polar surface area (TPSA) is 76.2 Å². The smallest absolute Gasteiger partial charge is 0.309 e. The fourth-order valence-corrected chi connectivity index (χ4v) is 3.51. The van der Waals surface area contributed by atoms with Crippen molar-refractivity contribution in [2.24, 2.45) is 5.92 Å². The predicted molar refractivity (Wildman–Crippen MR) is 114 cm³/mol. The van der Waals surface area contributed by atoms with Gasteiger partial charge in [0.25, 0.3) is 5.91 Å². The average Bonchev–Trinajstić information content (AvgIpc) is 2.71. The van der Waals surface area contributed by atoms with E-state index in [9.17, 15) is 14.4 Å². The van der Waals surface area contributed by atoms with E-state index >= 15 is 0 Å². The van der Waals surface area contributed by atoms with Gasteiger partial charge in [-0.15, -0.1) is 0 Å². The second kappa shape index (κ2) is 11.0. The summed E-state index contributed by atoms with van der Waals surface area (Å²) in [6, 6.07) is 5.98. The highest BCUT2D eigenvalue weighted by molar-refractivity contribution is 5.85. The molecular formula is C23H34N2O5. The van der Waals surface area contributed by atoms with Gasteiger partial charge in [0.05, 0.1) is 19.1 Å². The van der Waals surface area contributed by atoms with E-state index in [-0.39, 0.29) is 42.8 Å². The lowest BCUT2D eigenvalue weighted by Crippen LogP contribution is -2.46. The summed E-state index contributed by atoms with van der Waals surface area (Å²) in [5, 5.41) is 0. The predicted octanol–water partition coefficient (Wildman–Crippen LogP) is 2.76. The van der Waals surface area contributed by atoms with E-state index in [1.165, 1.54) is 4.90 Å². The van der Waals surface area contributed by atoms with E-state index in [0.29, 0.717) is 38.3 Å². The zero-order valence-electron chi connectivity index (χ0n) is 18.8. The van der Waals surface area contributed by atoms with Gasteiger partial charge in [0.1, 0.15) is 5.75 Å². The molecule has 1 heterocycles. The summed E-state index contributed by atoms with van der Waals surface area (Å²) < 4.78 is 10.8. The van der Waals surface area contributed by atoms with Crippen molar-refractivity contribution in [2.45, 2.75) is 46.5 Å². The molecule has 1 aromatic carbocycles. The number of rotatable bonds is 8. The highest BCUT2D eigenvalue weighted by Gasteiger charge is 2.29. The molecule has 1 aliphatic heterocycles. The summed E-state index contributed by atoms with van der Waals surface area (Å²) in [4.78, 5) is 40.0. The van der Waals surface area contributed by atoms with Crippen LogP contribution in [-0.2, 0) is 19.1 Å². The maximum atomic E-state index is 12.6. The Bertz CT molecular complexity index is 754. The molecular weight excluding hydrogens is 384 g/mol. The van der Waals surface area contributed by atoms with E-state index in [4.69, 9.17) is 9.47 Å². The van der Waals surface area contributed by atoms with Crippen LogP contribution in [0.3, 0.4) is 0 Å². The number of likely N-dealkylation sites (N-methyl/N-ethyl adjacent to an activating group) is 1. The molecule has 0 bridgehead atoms. The Morgan fingerprint density at radius 3 is 2.47 bits per heavy atom. The van der Waals surface area contributed by atoms with Crippen LogP contribution in [0.25, 0.3) is 0 Å². The SMILES string of the molecule is CCOC(=O)C1CCN(C(=O)CN(C)C(=O)COc2cc(C)ccc2C(C)C)CC1. The van der Waals surface area contributed by atoms with Gasteiger partial charge < -0.3 is 19.3 Å². The van der Waals surface area contributed by atoms with Crippen molar-refractivity contribution in [3.63, 3.8) is 0 Å². The maximum absolute atomic E-state index is 12.6. The number of esters is 1. The molecule has 1 fully saturated rings. The van der Waals surface area contributed by atoms with E-state index in [0.717, 1.165) is 11.1 Å². The van der Waals surface area contributed by atoms with Crippen molar-refractivity contribution in [2.75, 3.05) is 39.9 Å². The summed E-state index contributed by atoms with van der Waals surface area (Å²) >= 11 is 0. The number of amides is 2. The zero-order valence-corrected chi connectivity index (χ0v) is 18.8. The number of carbonyl (C=O) groups excluding carboxylic acids is 3. The molecule has 0 aromatic heterocycles. The summed E-state index contributed by atoms with van der Waals surface area (Å²) in [7, 11) is 1.61. The summed E-state index contributed by atoms with van der Waals surface area (Å²) in [5.41, 5.74) is 2.12. The van der Waals surface area contributed by atoms with Crippen molar-refractivity contribution in [3.05, 3.63) is 29.3 Å². The Hall–Kier alpha value is -2.57. The molecule has 0 aliphatic carbocycles. The molecule has 7 heteroatoms. The van der Waals surface area contributed by atoms with Crippen molar-refractivity contribution in [1.29, 1.82) is 0 Å². The number of hydrogen-bond acceptors (Lipinski definition) is 5. The van der Waals surface area contributed by atoms with Crippen LogP contribution in [0.5, 0.6) is 5.75 Å². The molecule has 0 unspecified atom stereocenters. The lowest BCUT2D eigenvalue weighted by molar-refractivity contribution is -0.151. The first-order valence-corrected chi connectivity index (χ1v) is 10.6. The minimum Gasteiger partial charge on any atom is -0.483 e. The first-order chi connectivity index (χ1) is 14.2. The fraction of sp³-hybridized carbons (Fsp3) is 0.609. The Morgan fingerprint density at radius 1 is 1.20 bits per heavy atom. The molecule has 1 aliphatic rings. The van der Waals surface area contributed by atoms with Gasteiger partial charge in [0.2, 0.25) is 5.91 Å². The van der Waals surface area contributed by atoms with Gasteiger partial charge in [0, 0.05) is 20.1 Å². The van der Waals surface area contributed by atoms with Crippen LogP contribution in [0.15, 0.2) is 18.2 Å². The molecule has 0 radical (unpaired) electrons. The molecule has 1 aromatic rings. The van der Waals surface area contributed by atoms with Crippen molar-refractivity contribution >= 4 is 17.8 Å². The van der Waals surface area contributed by atoms with Crippen molar-refractivity contribution < 1.29 is 23.9 Å². The van der Waals surface area contributed by atoms with Gasteiger partial charge >= 0.3 is 5.97 Å². The third kappa shape index (κ3) is 6.47. The average molecular weight is 419 g/mol. The monoisotopic (exact) mass is 418 g/mol. The third-order valence-corrected chi connectivity index (χ3v) is 5.41. The molecule has 166 valence electrons. The van der Waals surface area contributed by atoms with E-state index in [1.807, 2.05) is 25.1 Å². The number of piperidine rings is 1. The highest BCUT2D eigenvalue weighted by Crippen LogP contribution is 2.27. The molecule has 0 N–H and O–H groups in total. The fourth-order valence-electron chi connectivity index (χ4n) is 3.51. The largest absolute Gasteiger partial charge is 0.483 e. The zero-order chi connectivity index (χ0) is 22.3. The molecule has 0 atom stereocenters. The first kappa shape index (κ1) is 23.7. The second-order valence-corrected chi connectivity index (χ2v) is 8.14. The van der Waals surface area contributed by atoms with Crippen LogP contribution in [0.4, 0.5) is 0 Å². The van der Waals surface area contributed by atoms with Gasteiger partial charge in [-0.25, -0.2) is 0 Å². The van der Waals surface area contributed by atoms with Gasteiger partial charge in [-0.1, -0.05) is 26.0 Å². The van der Waals surface area contributed by atoms with Gasteiger partial charge in [-0.2, -0.15) is 0 Å². The number of likely N-dealkylation sites (tertiary alicyclic amines) is 1. The quantitative estimate of drug-likeness (QED) is 0.607. The van der Waals surface area contributed by atoms with Crippen LogP contribution >= 0.6 is 0 Å². The molecule has 30 heavy (non-hydrogen) atoms. The number of ether oxygens (including phenoxy) is 2. The first-order valence-electron chi connectivity index (χ1n) is 10.6. The van der Waals surface area contributed by atoms with Gasteiger partial charge in [-0.05, 0) is 49.8 Å². The molecule has 1 saturated heterocycles. The number of hydrogen-bond donors (Lipinski definition) is 0. The van der Waals surface area contributed by atoms with Crippen LogP contribution in [0, 0.1) is 12.8 Å². The summed E-state index contributed by atoms with van der Waals surface area (Å²) in [6.45, 7) is 9.18. The highest BCUT2D eigenvalue weighted by atomic mass is 16.5. The minimum atomic E-state index is -0.249. The molecule has 0 spiro atoms. The Labute approximate surface area is 179 Å². The van der Waals surface area contributed by atoms with Crippen molar-refractivity contribution in [3.8, 4) is 5.75 Å². The number of nitrogens with zero attached hydrogens (tertiary/aromatic N) is 2. The van der Waals surface area contributed by atoms with Gasteiger partial charge in [-0.3, -0.25) is 14.4 Å². The second-order valence-electron chi connectivity index (χ2n) is 8.14. The number of benzene rings is 1. The summed E-state index contributed by atoms with van der Waals surface area (Å²) in [6.07, 6.45) is 1.19. The van der Waals surface area contributed by atoms with E-state index in [2.05, 4.69) is 13.8 Å². The Morgan fingerprint density at radius 2 is 1.87 bits per heavy atom. The van der Waals surface area contributed by atoms with Gasteiger partial charge in [0.15, 0.2) is 6.61 Å². The van der Waals surface area contributed by atoms with Crippen LogP contribution in [0.2, 0.25) is 0 Å². The number of carbonyl (C=O) groups is 3. The summed E-state index contributed by atoms with van der Waals surface area (Å²) in [5.74, 6) is 0.288.